The van der Waals surface area contributed by atoms with Gasteiger partial charge in [-0.1, -0.05) is 97.1 Å². The molecule has 0 saturated heterocycles. The van der Waals surface area contributed by atoms with E-state index in [0.717, 1.165) is 22.3 Å². The van der Waals surface area contributed by atoms with Crippen molar-refractivity contribution in [1.82, 2.24) is 0 Å². The Balaban J connectivity index is 1.41. The van der Waals surface area contributed by atoms with E-state index in [-0.39, 0.29) is 32.0 Å². The molecule has 4 aromatic rings. The SMILES string of the molecule is CC(COC(C)COC(c1ccc(C(=O)C(C)(C)O)cc1)c1ccc(C(=O)C(C)(C)O)cc1)OCC(C)OC(c1ccc(C(=O)C(C)(C)O)cc1)c1ccc(C(=O)C(C)(C)O)cc1. The maximum atomic E-state index is 12.7. The summed E-state index contributed by atoms with van der Waals surface area (Å²) in [7, 11) is 0. The van der Waals surface area contributed by atoms with Gasteiger partial charge in [0.05, 0.1) is 38.1 Å². The van der Waals surface area contributed by atoms with Crippen molar-refractivity contribution >= 4 is 23.1 Å². The van der Waals surface area contributed by atoms with Gasteiger partial charge in [-0.2, -0.15) is 0 Å². The summed E-state index contributed by atoms with van der Waals surface area (Å²) in [6.45, 7) is 17.7. The molecule has 0 aliphatic heterocycles. The van der Waals surface area contributed by atoms with Gasteiger partial charge in [0.2, 0.25) is 0 Å². The van der Waals surface area contributed by atoms with Crippen LogP contribution in [0.1, 0.15) is 152 Å². The maximum Gasteiger partial charge on any atom is 0.193 e. The average Bonchev–Trinajstić information content (AvgIpc) is 3.22. The Morgan fingerprint density at radius 1 is 0.381 bits per heavy atom. The molecule has 0 spiro atoms. The molecule has 3 atom stereocenters. The van der Waals surface area contributed by atoms with E-state index >= 15 is 0 Å². The molecular weight excluding hydrogens is 805 g/mol. The van der Waals surface area contributed by atoms with Crippen molar-refractivity contribution < 1.29 is 58.6 Å². The Morgan fingerprint density at radius 2 is 0.603 bits per heavy atom. The Bertz CT molecular complexity index is 2010. The third-order valence-electron chi connectivity index (χ3n) is 10.2. The zero-order valence-electron chi connectivity index (χ0n) is 38.3. The smallest absolute Gasteiger partial charge is 0.193 e. The van der Waals surface area contributed by atoms with Crippen LogP contribution < -0.4 is 0 Å². The van der Waals surface area contributed by atoms with Crippen molar-refractivity contribution in [3.05, 3.63) is 142 Å². The van der Waals surface area contributed by atoms with E-state index in [1.807, 2.05) is 20.8 Å². The van der Waals surface area contributed by atoms with Crippen LogP contribution in [0.25, 0.3) is 0 Å². The molecule has 0 aliphatic carbocycles. The van der Waals surface area contributed by atoms with E-state index in [9.17, 15) is 39.6 Å². The molecule has 0 saturated carbocycles. The van der Waals surface area contributed by atoms with Crippen LogP contribution in [0.5, 0.6) is 0 Å². The van der Waals surface area contributed by atoms with Gasteiger partial charge >= 0.3 is 0 Å². The normalized spacial score (nSPS) is 14.1. The van der Waals surface area contributed by atoms with E-state index < -0.39 is 63.8 Å². The van der Waals surface area contributed by atoms with E-state index in [4.69, 9.17) is 18.9 Å². The van der Waals surface area contributed by atoms with Crippen LogP contribution in [0.4, 0.5) is 0 Å². The number of Topliss-reactive ketones (excluding diaryl/α,β-unsaturated/α-hetero) is 4. The van der Waals surface area contributed by atoms with Crippen molar-refractivity contribution in [3.63, 3.8) is 0 Å². The summed E-state index contributed by atoms with van der Waals surface area (Å²) in [5, 5.41) is 41.0. The number of rotatable bonds is 23. The van der Waals surface area contributed by atoms with Crippen LogP contribution in [-0.4, -0.2) is 104 Å². The van der Waals surface area contributed by atoms with Crippen LogP contribution in [0.3, 0.4) is 0 Å². The van der Waals surface area contributed by atoms with Gasteiger partial charge in [-0.15, -0.1) is 0 Å². The van der Waals surface area contributed by atoms with Gasteiger partial charge in [-0.05, 0) is 98.4 Å². The predicted octanol–water partition coefficient (Wildman–Crippen LogP) is 7.61. The third kappa shape index (κ3) is 14.4. The summed E-state index contributed by atoms with van der Waals surface area (Å²) in [5.41, 5.74) is -1.82. The maximum absolute atomic E-state index is 12.7. The molecular formula is C51H64O12. The summed E-state index contributed by atoms with van der Waals surface area (Å²) >= 11 is 0. The average molecular weight is 869 g/mol. The van der Waals surface area contributed by atoms with Crippen LogP contribution in [-0.2, 0) is 18.9 Å². The summed E-state index contributed by atoms with van der Waals surface area (Å²) in [6.07, 6.45) is -2.36. The Hall–Kier alpha value is -4.76. The van der Waals surface area contributed by atoms with Crippen molar-refractivity contribution in [3.8, 4) is 0 Å². The largest absolute Gasteiger partial charge is 0.382 e. The van der Waals surface area contributed by atoms with E-state index in [1.54, 1.807) is 97.1 Å². The Labute approximate surface area is 371 Å². The van der Waals surface area contributed by atoms with E-state index in [0.29, 0.717) is 22.3 Å². The van der Waals surface area contributed by atoms with Gasteiger partial charge in [0.25, 0.3) is 0 Å². The second-order valence-corrected chi connectivity index (χ2v) is 18.4. The molecule has 0 radical (unpaired) electrons. The topological polar surface area (TPSA) is 186 Å². The first-order valence-corrected chi connectivity index (χ1v) is 21.2. The molecule has 0 amide bonds. The predicted molar refractivity (Wildman–Crippen MR) is 239 cm³/mol. The molecule has 340 valence electrons. The number of aliphatic hydroxyl groups is 4. The van der Waals surface area contributed by atoms with E-state index in [1.165, 1.54) is 55.4 Å². The lowest BCUT2D eigenvalue weighted by Gasteiger charge is -2.26. The van der Waals surface area contributed by atoms with E-state index in [2.05, 4.69) is 0 Å². The summed E-state index contributed by atoms with van der Waals surface area (Å²) in [5.74, 6) is -1.67. The lowest BCUT2D eigenvalue weighted by Crippen LogP contribution is -2.31. The molecule has 12 nitrogen and oxygen atoms in total. The molecule has 0 aliphatic rings. The second-order valence-electron chi connectivity index (χ2n) is 18.4. The third-order valence-corrected chi connectivity index (χ3v) is 10.2. The van der Waals surface area contributed by atoms with Gasteiger partial charge in [-0.3, -0.25) is 19.2 Å². The van der Waals surface area contributed by atoms with Crippen LogP contribution in [0.2, 0.25) is 0 Å². The lowest BCUT2D eigenvalue weighted by atomic mass is 9.92. The molecule has 4 aromatic carbocycles. The summed E-state index contributed by atoms with van der Waals surface area (Å²) in [6, 6.07) is 27.2. The Morgan fingerprint density at radius 3 is 0.857 bits per heavy atom. The number of ketones is 4. The highest BCUT2D eigenvalue weighted by atomic mass is 16.6. The molecule has 3 unspecified atom stereocenters. The minimum absolute atomic E-state index is 0.174. The zero-order chi connectivity index (χ0) is 47.1. The monoisotopic (exact) mass is 868 g/mol. The first kappa shape index (κ1) is 50.9. The van der Waals surface area contributed by atoms with Crippen LogP contribution >= 0.6 is 0 Å². The number of ether oxygens (including phenoxy) is 4. The van der Waals surface area contributed by atoms with Crippen molar-refractivity contribution in [1.29, 1.82) is 0 Å². The summed E-state index contributed by atoms with van der Waals surface area (Å²) < 4.78 is 25.3. The number of hydrogen-bond donors (Lipinski definition) is 4. The quantitative estimate of drug-likeness (QED) is 0.0536. The van der Waals surface area contributed by atoms with Crippen molar-refractivity contribution in [2.24, 2.45) is 0 Å². The molecule has 4 N–H and O–H groups in total. The summed E-state index contributed by atoms with van der Waals surface area (Å²) in [4.78, 5) is 50.8. The number of carbonyl (C=O) groups excluding carboxylic acids is 4. The molecule has 63 heavy (non-hydrogen) atoms. The number of benzene rings is 4. The Kier molecular flexibility index (Phi) is 16.8. The molecule has 0 heterocycles. The standard InChI is InChI=1S/C51H64O12/c1-31(61-30-33(3)63-43(36-16-24-40(25-17-36)46(54)50(8,9)58)37-18-26-41(27-19-37)47(55)51(10,11)59)28-60-32(2)29-62-42(34-12-20-38(21-13-34)44(52)48(4,5)56)35-14-22-39(23-15-35)45(53)49(6,7)57/h12-27,31-33,42-43,56-59H,28-30H2,1-11H3. The lowest BCUT2D eigenvalue weighted by molar-refractivity contribution is -0.0916. The second kappa shape index (κ2) is 20.8. The zero-order valence-corrected chi connectivity index (χ0v) is 38.3. The molecule has 12 heteroatoms. The molecule has 0 bridgehead atoms. The molecule has 4 rings (SSSR count). The number of hydrogen-bond acceptors (Lipinski definition) is 12. The first-order chi connectivity index (χ1) is 29.2. The number of carbonyl (C=O) groups is 4. The van der Waals surface area contributed by atoms with Gasteiger partial charge in [0.15, 0.2) is 23.1 Å². The minimum Gasteiger partial charge on any atom is -0.382 e. The van der Waals surface area contributed by atoms with Gasteiger partial charge in [-0.25, -0.2) is 0 Å². The van der Waals surface area contributed by atoms with Crippen LogP contribution in [0, 0.1) is 0 Å². The molecule has 0 aromatic heterocycles. The fourth-order valence-electron chi connectivity index (χ4n) is 6.58. The highest BCUT2D eigenvalue weighted by Gasteiger charge is 2.30. The van der Waals surface area contributed by atoms with Crippen molar-refractivity contribution in [2.75, 3.05) is 19.8 Å². The van der Waals surface area contributed by atoms with Gasteiger partial charge < -0.3 is 39.4 Å². The van der Waals surface area contributed by atoms with Gasteiger partial charge in [0.1, 0.15) is 34.6 Å². The van der Waals surface area contributed by atoms with Crippen LogP contribution in [0.15, 0.2) is 97.1 Å². The highest BCUT2D eigenvalue weighted by molar-refractivity contribution is 6.03. The van der Waals surface area contributed by atoms with Gasteiger partial charge in [0, 0.05) is 22.3 Å². The highest BCUT2D eigenvalue weighted by Crippen LogP contribution is 2.31. The fourth-order valence-corrected chi connectivity index (χ4v) is 6.58. The molecule has 0 fully saturated rings. The minimum atomic E-state index is -1.54. The first-order valence-electron chi connectivity index (χ1n) is 21.2. The van der Waals surface area contributed by atoms with Crippen molar-refractivity contribution in [2.45, 2.75) is 129 Å². The fraction of sp³-hybridized carbons (Fsp3) is 0.451.